The van der Waals surface area contributed by atoms with Gasteiger partial charge in [0.25, 0.3) is 0 Å². The molecule has 114 valence electrons. The SMILES string of the molecule is Cn1c2ccccc2c2c3cccc4ccc5c(c(c21)CCC=5)c43. The van der Waals surface area contributed by atoms with Crippen molar-refractivity contribution in [1.82, 2.24) is 4.57 Å². The molecule has 4 aromatic carbocycles. The molecule has 0 spiro atoms. The molecule has 0 aliphatic heterocycles. The molecule has 1 nitrogen and oxygen atoms in total. The van der Waals surface area contributed by atoms with E-state index in [1.807, 2.05) is 0 Å². The van der Waals surface area contributed by atoms with E-state index in [1.54, 1.807) is 0 Å². The molecule has 0 bridgehead atoms. The zero-order valence-electron chi connectivity index (χ0n) is 13.6. The zero-order valence-corrected chi connectivity index (χ0v) is 13.6. The maximum Gasteiger partial charge on any atom is 0.0534 e. The molecule has 1 aliphatic carbocycles. The van der Waals surface area contributed by atoms with Gasteiger partial charge in [0.15, 0.2) is 0 Å². The Labute approximate surface area is 139 Å². The van der Waals surface area contributed by atoms with Crippen LogP contribution in [0.15, 0.2) is 54.6 Å². The monoisotopic (exact) mass is 307 g/mol. The second kappa shape index (κ2) is 4.18. The average molecular weight is 307 g/mol. The van der Waals surface area contributed by atoms with Crippen molar-refractivity contribution in [3.8, 4) is 0 Å². The molecule has 1 aliphatic rings. The quantitative estimate of drug-likeness (QED) is 0.376. The van der Waals surface area contributed by atoms with Crippen LogP contribution >= 0.6 is 0 Å². The van der Waals surface area contributed by atoms with E-state index in [-0.39, 0.29) is 0 Å². The van der Waals surface area contributed by atoms with Crippen LogP contribution < -0.4 is 5.22 Å². The van der Waals surface area contributed by atoms with Gasteiger partial charge in [0.1, 0.15) is 0 Å². The number of aromatic nitrogens is 1. The second-order valence-corrected chi connectivity index (χ2v) is 6.95. The number of benzene rings is 4. The third kappa shape index (κ3) is 1.33. The Hall–Kier alpha value is -2.80. The van der Waals surface area contributed by atoms with Crippen LogP contribution in [0.4, 0.5) is 0 Å². The zero-order chi connectivity index (χ0) is 15.8. The van der Waals surface area contributed by atoms with E-state index >= 15 is 0 Å². The Balaban J connectivity index is 2.12. The summed E-state index contributed by atoms with van der Waals surface area (Å²) in [4.78, 5) is 0. The van der Waals surface area contributed by atoms with Crippen LogP contribution in [0.1, 0.15) is 12.0 Å². The van der Waals surface area contributed by atoms with Crippen molar-refractivity contribution >= 4 is 49.4 Å². The summed E-state index contributed by atoms with van der Waals surface area (Å²) in [5.74, 6) is 0. The summed E-state index contributed by atoms with van der Waals surface area (Å²) >= 11 is 0. The molecular formula is C23H17N. The normalized spacial score (nSPS) is 14.0. The Bertz CT molecular complexity index is 1350. The second-order valence-electron chi connectivity index (χ2n) is 6.95. The first kappa shape index (κ1) is 12.6. The van der Waals surface area contributed by atoms with Crippen molar-refractivity contribution in [2.75, 3.05) is 0 Å². The van der Waals surface area contributed by atoms with E-state index in [4.69, 9.17) is 0 Å². The van der Waals surface area contributed by atoms with E-state index in [0.717, 1.165) is 12.8 Å². The molecular weight excluding hydrogens is 290 g/mol. The van der Waals surface area contributed by atoms with Crippen LogP contribution in [0.3, 0.4) is 0 Å². The first-order valence-electron chi connectivity index (χ1n) is 8.68. The Kier molecular flexibility index (Phi) is 2.20. The molecule has 24 heavy (non-hydrogen) atoms. The third-order valence-electron chi connectivity index (χ3n) is 5.80. The van der Waals surface area contributed by atoms with Crippen molar-refractivity contribution in [2.24, 2.45) is 7.05 Å². The van der Waals surface area contributed by atoms with Crippen LogP contribution in [0.25, 0.3) is 49.4 Å². The van der Waals surface area contributed by atoms with Gasteiger partial charge < -0.3 is 4.57 Å². The summed E-state index contributed by atoms with van der Waals surface area (Å²) in [6.07, 6.45) is 4.68. The number of para-hydroxylation sites is 1. The minimum Gasteiger partial charge on any atom is -0.343 e. The lowest BCUT2D eigenvalue weighted by atomic mass is 9.87. The highest BCUT2D eigenvalue weighted by atomic mass is 14.9. The number of nitrogens with zero attached hydrogens (tertiary/aromatic N) is 1. The van der Waals surface area contributed by atoms with Gasteiger partial charge in [-0.15, -0.1) is 0 Å². The molecule has 0 amide bonds. The summed E-state index contributed by atoms with van der Waals surface area (Å²) in [7, 11) is 2.22. The Morgan fingerprint density at radius 3 is 2.62 bits per heavy atom. The topological polar surface area (TPSA) is 4.93 Å². The maximum atomic E-state index is 2.41. The molecule has 0 saturated carbocycles. The number of hydrogen-bond donors (Lipinski definition) is 0. The summed E-state index contributed by atoms with van der Waals surface area (Å²) in [5, 5.41) is 9.90. The Morgan fingerprint density at radius 1 is 0.792 bits per heavy atom. The van der Waals surface area contributed by atoms with E-state index in [9.17, 15) is 0 Å². The van der Waals surface area contributed by atoms with Crippen molar-refractivity contribution in [3.63, 3.8) is 0 Å². The third-order valence-corrected chi connectivity index (χ3v) is 5.80. The molecule has 1 heterocycles. The average Bonchev–Trinajstić information content (AvgIpc) is 2.94. The lowest BCUT2D eigenvalue weighted by Gasteiger charge is -2.18. The van der Waals surface area contributed by atoms with Gasteiger partial charge in [-0.1, -0.05) is 54.6 Å². The highest BCUT2D eigenvalue weighted by molar-refractivity contribution is 6.29. The lowest BCUT2D eigenvalue weighted by molar-refractivity contribution is 0.978. The van der Waals surface area contributed by atoms with Crippen molar-refractivity contribution in [2.45, 2.75) is 12.8 Å². The molecule has 0 radical (unpaired) electrons. The number of aryl methyl sites for hydroxylation is 2. The fraction of sp³-hybridized carbons (Fsp3) is 0.130. The summed E-state index contributed by atoms with van der Waals surface area (Å²) in [6, 6.07) is 20.2. The summed E-state index contributed by atoms with van der Waals surface area (Å²) in [6.45, 7) is 0. The maximum absolute atomic E-state index is 2.41. The minimum atomic E-state index is 1.14. The molecule has 1 aromatic heterocycles. The number of fused-ring (bicyclic) bond motifs is 5. The molecule has 0 atom stereocenters. The van der Waals surface area contributed by atoms with Crippen molar-refractivity contribution in [1.29, 1.82) is 0 Å². The van der Waals surface area contributed by atoms with Gasteiger partial charge in [-0.3, -0.25) is 0 Å². The summed E-state index contributed by atoms with van der Waals surface area (Å²) < 4.78 is 2.41. The van der Waals surface area contributed by atoms with Gasteiger partial charge in [0.05, 0.1) is 5.52 Å². The van der Waals surface area contributed by atoms with E-state index in [1.165, 1.54) is 54.1 Å². The predicted molar refractivity (Wildman–Crippen MR) is 103 cm³/mol. The minimum absolute atomic E-state index is 1.14. The number of rotatable bonds is 0. The van der Waals surface area contributed by atoms with Crippen LogP contribution in [-0.2, 0) is 13.5 Å². The molecule has 0 N–H and O–H groups in total. The van der Waals surface area contributed by atoms with Gasteiger partial charge >= 0.3 is 0 Å². The van der Waals surface area contributed by atoms with Crippen molar-refractivity contribution in [3.05, 3.63) is 65.4 Å². The largest absolute Gasteiger partial charge is 0.343 e. The van der Waals surface area contributed by atoms with E-state index < -0.39 is 0 Å². The Morgan fingerprint density at radius 2 is 1.67 bits per heavy atom. The summed E-state index contributed by atoms with van der Waals surface area (Å²) in [5.41, 5.74) is 4.29. The molecule has 0 saturated heterocycles. The van der Waals surface area contributed by atoms with Gasteiger partial charge in [-0.05, 0) is 51.2 Å². The molecule has 1 heteroatoms. The lowest BCUT2D eigenvalue weighted by Crippen LogP contribution is -2.11. The molecule has 5 aromatic rings. The van der Waals surface area contributed by atoms with Gasteiger partial charge in [-0.2, -0.15) is 0 Å². The number of hydrogen-bond acceptors (Lipinski definition) is 0. The van der Waals surface area contributed by atoms with Crippen LogP contribution in [-0.4, -0.2) is 4.57 Å². The molecule has 0 unspecified atom stereocenters. The highest BCUT2D eigenvalue weighted by Gasteiger charge is 2.20. The standard InChI is InChI=1S/C23H17N/c1-24-19-11-3-2-8-16(19)22-17-9-4-6-14-12-13-15-7-5-10-18(23(22)24)21(15)20(14)17/h2-4,6-9,11-13H,5,10H2,1H3. The molecule has 6 rings (SSSR count). The fourth-order valence-corrected chi connectivity index (χ4v) is 4.85. The first-order chi connectivity index (χ1) is 11.8. The van der Waals surface area contributed by atoms with Crippen molar-refractivity contribution < 1.29 is 0 Å². The van der Waals surface area contributed by atoms with Gasteiger partial charge in [-0.25, -0.2) is 0 Å². The first-order valence-corrected chi connectivity index (χ1v) is 8.68. The molecule has 0 fully saturated rings. The predicted octanol–water partition coefficient (Wildman–Crippen LogP) is 5.08. The van der Waals surface area contributed by atoms with E-state index in [2.05, 4.69) is 72.3 Å². The van der Waals surface area contributed by atoms with Crippen LogP contribution in [0, 0.1) is 0 Å². The van der Waals surface area contributed by atoms with Crippen LogP contribution in [0.5, 0.6) is 0 Å². The fourth-order valence-electron chi connectivity index (χ4n) is 4.85. The van der Waals surface area contributed by atoms with Crippen LogP contribution in [0.2, 0.25) is 0 Å². The van der Waals surface area contributed by atoms with E-state index in [0.29, 0.717) is 0 Å². The smallest absolute Gasteiger partial charge is 0.0534 e. The highest BCUT2D eigenvalue weighted by Crippen LogP contribution is 2.41. The van der Waals surface area contributed by atoms with Gasteiger partial charge in [0, 0.05) is 23.3 Å². The van der Waals surface area contributed by atoms with Gasteiger partial charge in [0.2, 0.25) is 0 Å².